The first-order valence-corrected chi connectivity index (χ1v) is 13.2. The Morgan fingerprint density at radius 1 is 1.22 bits per heavy atom. The van der Waals surface area contributed by atoms with Crippen molar-refractivity contribution in [1.82, 2.24) is 15.5 Å². The van der Waals surface area contributed by atoms with Gasteiger partial charge in [0.25, 0.3) is 5.91 Å². The predicted octanol–water partition coefficient (Wildman–Crippen LogP) is -0.430. The summed E-state index contributed by atoms with van der Waals surface area (Å²) in [6, 6.07) is 8.49. The summed E-state index contributed by atoms with van der Waals surface area (Å²) >= 11 is 1.51. The van der Waals surface area contributed by atoms with Gasteiger partial charge in [0.1, 0.15) is 17.8 Å². The van der Waals surface area contributed by atoms with Crippen LogP contribution in [0.1, 0.15) is 30.2 Å². The molecule has 10 nitrogen and oxygen atoms in total. The molecule has 3 rings (SSSR count). The minimum absolute atomic E-state index is 0.129. The molecule has 200 valence electrons. The first-order valence-electron chi connectivity index (χ1n) is 12.4. The largest absolute Gasteiger partial charge is 0.497 e. The summed E-state index contributed by atoms with van der Waals surface area (Å²) in [5, 5.41) is 9.46. The molecular weight excluding hydrogens is 494 g/mol. The summed E-state index contributed by atoms with van der Waals surface area (Å²) in [5.74, 6) is -0.762. The summed E-state index contributed by atoms with van der Waals surface area (Å²) in [6.45, 7) is 2.10. The third-order valence-electron chi connectivity index (χ3n) is 6.62. The average molecular weight is 531 g/mol. The zero-order valence-corrected chi connectivity index (χ0v) is 22.3. The molecule has 2 heterocycles. The Labute approximate surface area is 220 Å². The van der Waals surface area contributed by atoms with Crippen LogP contribution in [0, 0.1) is 0 Å². The minimum Gasteiger partial charge on any atom is -0.497 e. The molecule has 1 aliphatic heterocycles. The van der Waals surface area contributed by atoms with Gasteiger partial charge in [0, 0.05) is 23.9 Å². The second-order valence-electron chi connectivity index (χ2n) is 9.23. The van der Waals surface area contributed by atoms with Crippen molar-refractivity contribution in [2.24, 2.45) is 5.73 Å². The van der Waals surface area contributed by atoms with Gasteiger partial charge in [-0.1, -0.05) is 18.2 Å². The lowest BCUT2D eigenvalue weighted by molar-refractivity contribution is -0.647. The molecule has 0 spiro atoms. The van der Waals surface area contributed by atoms with Gasteiger partial charge in [0.2, 0.25) is 17.7 Å². The van der Waals surface area contributed by atoms with Gasteiger partial charge in [-0.2, -0.15) is 0 Å². The van der Waals surface area contributed by atoms with Crippen molar-refractivity contribution in [2.75, 3.05) is 20.7 Å². The number of quaternary nitrogens is 1. The average Bonchev–Trinajstić information content (AvgIpc) is 3.40. The van der Waals surface area contributed by atoms with E-state index in [0.29, 0.717) is 18.7 Å². The van der Waals surface area contributed by atoms with Gasteiger partial charge in [0.15, 0.2) is 6.04 Å². The number of nitrogens with one attached hydrogen (secondary N) is 2. The maximum atomic E-state index is 13.5. The third kappa shape index (κ3) is 7.77. The lowest BCUT2D eigenvalue weighted by atomic mass is 9.94. The van der Waals surface area contributed by atoms with E-state index in [1.807, 2.05) is 17.5 Å². The van der Waals surface area contributed by atoms with E-state index in [4.69, 9.17) is 10.5 Å². The lowest BCUT2D eigenvalue weighted by Crippen LogP contribution is -2.88. The molecule has 0 saturated carbocycles. The van der Waals surface area contributed by atoms with Gasteiger partial charge in [-0.05, 0) is 48.9 Å². The number of rotatable bonds is 11. The number of hydrogen-bond donors (Lipinski definition) is 4. The van der Waals surface area contributed by atoms with Crippen LogP contribution in [0.15, 0.2) is 41.8 Å². The van der Waals surface area contributed by atoms with E-state index in [2.05, 4.69) is 10.6 Å². The molecular formula is C26H36N5O5S+. The molecule has 1 fully saturated rings. The van der Waals surface area contributed by atoms with Crippen LogP contribution in [0.5, 0.6) is 5.75 Å². The fraction of sp³-hybridized carbons (Fsp3) is 0.462. The van der Waals surface area contributed by atoms with Gasteiger partial charge in [-0.25, -0.2) is 0 Å². The summed E-state index contributed by atoms with van der Waals surface area (Å²) in [7, 11) is 3.36. The summed E-state index contributed by atoms with van der Waals surface area (Å²) < 4.78 is 5.16. The lowest BCUT2D eigenvalue weighted by Gasteiger charge is -2.39. The Kier molecular flexibility index (Phi) is 10.0. The van der Waals surface area contributed by atoms with Crippen molar-refractivity contribution in [3.05, 3.63) is 52.2 Å². The van der Waals surface area contributed by atoms with Crippen LogP contribution in [0.3, 0.4) is 0 Å². The van der Waals surface area contributed by atoms with Gasteiger partial charge in [-0.3, -0.25) is 19.2 Å². The number of methoxy groups -OCH3 is 1. The topological polar surface area (TPSA) is 147 Å². The number of carbonyl (C=O) groups is 4. The molecule has 6 N–H and O–H groups in total. The van der Waals surface area contributed by atoms with Crippen molar-refractivity contribution in [3.63, 3.8) is 0 Å². The molecule has 0 radical (unpaired) electrons. The first kappa shape index (κ1) is 28.1. The molecule has 1 aromatic heterocycles. The minimum atomic E-state index is -0.957. The van der Waals surface area contributed by atoms with E-state index in [9.17, 15) is 19.2 Å². The van der Waals surface area contributed by atoms with Crippen molar-refractivity contribution in [3.8, 4) is 5.75 Å². The van der Waals surface area contributed by atoms with E-state index < -0.39 is 23.9 Å². The van der Waals surface area contributed by atoms with Crippen molar-refractivity contribution >= 4 is 35.0 Å². The Bertz CT molecular complexity index is 1080. The second kappa shape index (κ2) is 13.2. The van der Waals surface area contributed by atoms with Crippen LogP contribution in [0.4, 0.5) is 0 Å². The molecule has 2 aromatic rings. The van der Waals surface area contributed by atoms with E-state index >= 15 is 0 Å². The first-order chi connectivity index (χ1) is 17.7. The Morgan fingerprint density at radius 2 is 1.95 bits per heavy atom. The Balaban J connectivity index is 1.72. The molecule has 0 bridgehead atoms. The molecule has 37 heavy (non-hydrogen) atoms. The van der Waals surface area contributed by atoms with Crippen LogP contribution < -0.4 is 26.4 Å². The SMILES string of the molecule is C[NH2+][C@@H](C)C(=O)N1CC[C@H](NC(=O)Cc2cccs2)C[C@H]1C(=O)N[C@@H](Cc1ccc(OC)cc1)C(N)=O. The normalized spacial score (nSPS) is 18.9. The molecule has 11 heteroatoms. The predicted molar refractivity (Wildman–Crippen MR) is 140 cm³/mol. The smallest absolute Gasteiger partial charge is 0.281 e. The summed E-state index contributed by atoms with van der Waals surface area (Å²) in [5.41, 5.74) is 6.42. The van der Waals surface area contributed by atoms with Crippen LogP contribution in [0.25, 0.3) is 0 Å². The number of carbonyl (C=O) groups excluding carboxylic acids is 4. The molecule has 4 amide bonds. The summed E-state index contributed by atoms with van der Waals surface area (Å²) in [6.07, 6.45) is 1.25. The number of likely N-dealkylation sites (N-methyl/N-ethyl adjacent to an activating group) is 1. The van der Waals surface area contributed by atoms with Crippen molar-refractivity contribution in [2.45, 2.75) is 56.8 Å². The number of nitrogens with two attached hydrogens (primary N) is 2. The third-order valence-corrected chi connectivity index (χ3v) is 7.49. The van der Waals surface area contributed by atoms with Crippen LogP contribution in [-0.4, -0.2) is 73.4 Å². The molecule has 1 saturated heterocycles. The number of amides is 4. The highest BCUT2D eigenvalue weighted by Gasteiger charge is 2.39. The monoisotopic (exact) mass is 530 g/mol. The highest BCUT2D eigenvalue weighted by Crippen LogP contribution is 2.20. The van der Waals surface area contributed by atoms with Crippen molar-refractivity contribution in [1.29, 1.82) is 0 Å². The number of ether oxygens (including phenoxy) is 1. The fourth-order valence-electron chi connectivity index (χ4n) is 4.35. The van der Waals surface area contributed by atoms with Gasteiger partial charge in [0.05, 0.1) is 20.6 Å². The molecule has 0 unspecified atom stereocenters. The molecule has 4 atom stereocenters. The van der Waals surface area contributed by atoms with Gasteiger partial charge >= 0.3 is 0 Å². The standard InChI is InChI=1S/C26H35N5O5S/c1-16(28-2)26(35)31-11-10-18(29-23(32)15-20-5-4-12-37-20)14-22(31)25(34)30-21(24(27)33)13-17-6-8-19(36-3)9-7-17/h4-9,12,16,18,21-22,28H,10-11,13-15H2,1-3H3,(H2,27,33)(H,29,32)(H,30,34)/p+1/t16-,18-,21-,22-/m0/s1. The Hall–Kier alpha value is -3.44. The van der Waals surface area contributed by atoms with E-state index in [0.717, 1.165) is 10.4 Å². The second-order valence-corrected chi connectivity index (χ2v) is 10.3. The van der Waals surface area contributed by atoms with Crippen LogP contribution in [-0.2, 0) is 32.0 Å². The van der Waals surface area contributed by atoms with E-state index in [-0.39, 0.29) is 43.2 Å². The van der Waals surface area contributed by atoms with Gasteiger partial charge < -0.3 is 31.3 Å². The number of primary amides is 1. The zero-order chi connectivity index (χ0) is 26.9. The Morgan fingerprint density at radius 3 is 2.54 bits per heavy atom. The molecule has 1 aromatic carbocycles. The highest BCUT2D eigenvalue weighted by atomic mass is 32.1. The number of nitrogens with zero attached hydrogens (tertiary/aromatic N) is 1. The number of thiophene rings is 1. The van der Waals surface area contributed by atoms with Crippen LogP contribution in [0.2, 0.25) is 0 Å². The summed E-state index contributed by atoms with van der Waals surface area (Å²) in [4.78, 5) is 53.8. The number of piperidine rings is 1. The quantitative estimate of drug-likeness (QED) is 0.311. The highest BCUT2D eigenvalue weighted by molar-refractivity contribution is 7.10. The number of likely N-dealkylation sites (tertiary alicyclic amines) is 1. The maximum Gasteiger partial charge on any atom is 0.281 e. The fourth-order valence-corrected chi connectivity index (χ4v) is 5.05. The number of benzene rings is 1. The van der Waals surface area contributed by atoms with E-state index in [1.54, 1.807) is 55.6 Å². The van der Waals surface area contributed by atoms with Crippen molar-refractivity contribution < 1.29 is 29.2 Å². The number of hydrogen-bond acceptors (Lipinski definition) is 6. The maximum absolute atomic E-state index is 13.5. The molecule has 1 aliphatic rings. The zero-order valence-electron chi connectivity index (χ0n) is 21.4. The van der Waals surface area contributed by atoms with Gasteiger partial charge in [-0.15, -0.1) is 11.3 Å². The molecule has 0 aliphatic carbocycles. The van der Waals surface area contributed by atoms with Crippen LogP contribution >= 0.6 is 11.3 Å². The van der Waals surface area contributed by atoms with E-state index in [1.165, 1.54) is 11.3 Å².